The predicted molar refractivity (Wildman–Crippen MR) is 136 cm³/mol. The standard InChI is InChI=1S/C30H37NO4/c1-18(32)30(35-19(2)33)15-14-27-25-12-8-21-16-23(34)11-13-24(21)28(25)26(17-29(27,30)3)20-6-9-22(10-7-20)31(4)5/h6-7,9-10,16,25-27H,8,11-15,17H2,1-5H3/t25-,26+,27-,29-,30-/m0/s1/i4T3. The quantitative estimate of drug-likeness (QED) is 0.528. The zero-order valence-electron chi connectivity index (χ0n) is 24.1. The van der Waals surface area contributed by atoms with E-state index in [2.05, 4.69) is 6.92 Å². The van der Waals surface area contributed by atoms with Crippen LogP contribution in [-0.4, -0.2) is 37.2 Å². The monoisotopic (exact) mass is 481 g/mol. The van der Waals surface area contributed by atoms with Gasteiger partial charge in [0.15, 0.2) is 17.2 Å². The first-order valence-corrected chi connectivity index (χ1v) is 12.8. The molecule has 0 heterocycles. The first kappa shape index (κ1) is 20.5. The molecule has 0 bridgehead atoms. The van der Waals surface area contributed by atoms with Gasteiger partial charge in [-0.3, -0.25) is 14.4 Å². The second kappa shape index (κ2) is 8.46. The van der Waals surface area contributed by atoms with Gasteiger partial charge in [0, 0.05) is 48.5 Å². The van der Waals surface area contributed by atoms with Crippen molar-refractivity contribution in [3.05, 3.63) is 52.6 Å². The zero-order valence-corrected chi connectivity index (χ0v) is 21.1. The predicted octanol–water partition coefficient (Wildman–Crippen LogP) is 5.54. The van der Waals surface area contributed by atoms with Crippen LogP contribution in [0, 0.1) is 17.3 Å². The van der Waals surface area contributed by atoms with Gasteiger partial charge < -0.3 is 9.64 Å². The van der Waals surface area contributed by atoms with Gasteiger partial charge in [-0.2, -0.15) is 0 Å². The van der Waals surface area contributed by atoms with Gasteiger partial charge in [-0.25, -0.2) is 0 Å². The molecule has 5 rings (SSSR count). The lowest BCUT2D eigenvalue weighted by atomic mass is 9.50. The number of rotatable bonds is 4. The Morgan fingerprint density at radius 1 is 1.11 bits per heavy atom. The Kier molecular flexibility index (Phi) is 4.95. The third-order valence-electron chi connectivity index (χ3n) is 9.42. The number of esters is 1. The van der Waals surface area contributed by atoms with E-state index in [0.29, 0.717) is 24.9 Å². The molecule has 5 nitrogen and oxygen atoms in total. The van der Waals surface area contributed by atoms with Crippen LogP contribution in [0.5, 0.6) is 0 Å². The van der Waals surface area contributed by atoms with E-state index in [-0.39, 0.29) is 29.3 Å². The van der Waals surface area contributed by atoms with Crippen LogP contribution in [0.4, 0.5) is 5.69 Å². The smallest absolute Gasteiger partial charge is 0.303 e. The van der Waals surface area contributed by atoms with Crippen LogP contribution in [-0.2, 0) is 19.1 Å². The molecule has 35 heavy (non-hydrogen) atoms. The highest BCUT2D eigenvalue weighted by molar-refractivity contribution is 5.93. The van der Waals surface area contributed by atoms with E-state index in [0.717, 1.165) is 36.8 Å². The molecule has 2 fully saturated rings. The van der Waals surface area contributed by atoms with Gasteiger partial charge in [-0.05, 0) is 92.2 Å². The lowest BCUT2D eigenvalue weighted by Gasteiger charge is -2.55. The number of carbonyl (C=O) groups excluding carboxylic acids is 3. The third-order valence-corrected chi connectivity index (χ3v) is 9.42. The number of fused-ring (bicyclic) bond motifs is 4. The first-order valence-electron chi connectivity index (χ1n) is 14.3. The van der Waals surface area contributed by atoms with Crippen molar-refractivity contribution in [1.82, 2.24) is 0 Å². The minimum absolute atomic E-state index is 0.0207. The van der Waals surface area contributed by atoms with Crippen molar-refractivity contribution in [1.29, 1.82) is 0 Å². The number of Topliss-reactive ketones (excluding diaryl/α,β-unsaturated/α-hetero) is 1. The number of hydrogen-bond donors (Lipinski definition) is 0. The van der Waals surface area contributed by atoms with Crippen LogP contribution in [0.15, 0.2) is 47.1 Å². The molecular formula is C30H37NO4. The largest absolute Gasteiger partial charge is 0.451 e. The van der Waals surface area contributed by atoms with E-state index in [9.17, 15) is 14.4 Å². The number of benzene rings is 1. The molecule has 5 heteroatoms. The normalized spacial score (nSPS) is 35.5. The van der Waals surface area contributed by atoms with Gasteiger partial charge in [0.2, 0.25) is 0 Å². The summed E-state index contributed by atoms with van der Waals surface area (Å²) >= 11 is 0. The fourth-order valence-corrected chi connectivity index (χ4v) is 7.94. The third kappa shape index (κ3) is 3.61. The average Bonchev–Trinajstić information content (AvgIpc) is 3.14. The van der Waals surface area contributed by atoms with E-state index in [1.54, 1.807) is 14.0 Å². The Bertz CT molecular complexity index is 1250. The molecule has 4 aliphatic rings. The van der Waals surface area contributed by atoms with E-state index in [4.69, 9.17) is 8.85 Å². The summed E-state index contributed by atoms with van der Waals surface area (Å²) in [4.78, 5) is 39.1. The van der Waals surface area contributed by atoms with Gasteiger partial charge in [0.25, 0.3) is 0 Å². The van der Waals surface area contributed by atoms with Crippen molar-refractivity contribution in [3.8, 4) is 0 Å². The average molecular weight is 482 g/mol. The summed E-state index contributed by atoms with van der Waals surface area (Å²) in [6.45, 7) is 2.82. The second-order valence-corrected chi connectivity index (χ2v) is 11.2. The Morgan fingerprint density at radius 2 is 1.86 bits per heavy atom. The summed E-state index contributed by atoms with van der Waals surface area (Å²) < 4.78 is 29.2. The molecule has 0 amide bonds. The van der Waals surface area contributed by atoms with Crippen molar-refractivity contribution in [2.75, 3.05) is 18.9 Å². The fraction of sp³-hybridized carbons (Fsp3) is 0.567. The highest BCUT2D eigenvalue weighted by atomic mass is 16.6. The number of hydrogen-bond acceptors (Lipinski definition) is 5. The topological polar surface area (TPSA) is 63.7 Å². The molecule has 4 aliphatic carbocycles. The minimum atomic E-state index is -2.24. The van der Waals surface area contributed by atoms with E-state index in [1.807, 2.05) is 30.3 Å². The fourth-order valence-electron chi connectivity index (χ4n) is 7.94. The summed E-state index contributed by atoms with van der Waals surface area (Å²) in [5, 5.41) is 0. The zero-order chi connectivity index (χ0) is 27.6. The molecule has 0 spiro atoms. The number of ether oxygens (including phenoxy) is 1. The Hall–Kier alpha value is -2.69. The van der Waals surface area contributed by atoms with Gasteiger partial charge in [-0.15, -0.1) is 0 Å². The number of anilines is 1. The van der Waals surface area contributed by atoms with Crippen LogP contribution >= 0.6 is 0 Å². The molecule has 0 unspecified atom stereocenters. The molecule has 0 aromatic heterocycles. The van der Waals surface area contributed by atoms with Crippen LogP contribution in [0.2, 0.25) is 0 Å². The number of nitrogens with zero attached hydrogens (tertiary/aromatic N) is 1. The lowest BCUT2D eigenvalue weighted by molar-refractivity contribution is -0.182. The van der Waals surface area contributed by atoms with E-state index >= 15 is 0 Å². The Labute approximate surface area is 212 Å². The van der Waals surface area contributed by atoms with Crippen molar-refractivity contribution < 1.29 is 23.2 Å². The summed E-state index contributed by atoms with van der Waals surface area (Å²) in [7, 11) is 1.56. The molecule has 0 aliphatic heterocycles. The maximum atomic E-state index is 13.2. The summed E-state index contributed by atoms with van der Waals surface area (Å²) in [5.41, 5.74) is 3.79. The van der Waals surface area contributed by atoms with Crippen LogP contribution in [0.1, 0.15) is 81.3 Å². The molecule has 1 aromatic rings. The van der Waals surface area contributed by atoms with Gasteiger partial charge >= 0.3 is 5.97 Å². The highest BCUT2D eigenvalue weighted by Crippen LogP contribution is 2.67. The summed E-state index contributed by atoms with van der Waals surface area (Å²) in [6, 6.07) is 7.69. The SMILES string of the molecule is [3H]C([3H])([3H])N(C)c1ccc([C@H]2C[C@@]3(C)[C@@H](CC[C@]3(OC(C)=O)C(C)=O)[C@@H]3CCC4=CC(=O)CCC4=C32)cc1. The molecule has 0 radical (unpaired) electrons. The Balaban J connectivity index is 1.65. The summed E-state index contributed by atoms with van der Waals surface area (Å²) in [5.74, 6) is 0.0719. The van der Waals surface area contributed by atoms with Gasteiger partial charge in [-0.1, -0.05) is 24.6 Å². The van der Waals surface area contributed by atoms with E-state index < -0.39 is 24.0 Å². The number of ketones is 2. The molecule has 1 aromatic carbocycles. The molecule has 0 saturated heterocycles. The Morgan fingerprint density at radius 3 is 2.51 bits per heavy atom. The van der Waals surface area contributed by atoms with Crippen LogP contribution < -0.4 is 4.90 Å². The molecule has 186 valence electrons. The van der Waals surface area contributed by atoms with Gasteiger partial charge in [0.05, 0.1) is 0 Å². The van der Waals surface area contributed by atoms with Crippen LogP contribution in [0.3, 0.4) is 0 Å². The molecule has 0 N–H and O–H groups in total. The maximum Gasteiger partial charge on any atom is 0.303 e. The van der Waals surface area contributed by atoms with Crippen molar-refractivity contribution in [2.24, 2.45) is 17.3 Å². The van der Waals surface area contributed by atoms with Crippen molar-refractivity contribution in [3.63, 3.8) is 0 Å². The maximum absolute atomic E-state index is 13.2. The number of carbonyl (C=O) groups is 3. The molecule has 5 atom stereocenters. The van der Waals surface area contributed by atoms with Crippen molar-refractivity contribution >= 4 is 23.2 Å². The second-order valence-electron chi connectivity index (χ2n) is 11.2. The van der Waals surface area contributed by atoms with E-state index in [1.165, 1.54) is 23.0 Å². The van der Waals surface area contributed by atoms with Crippen LogP contribution in [0.25, 0.3) is 0 Å². The summed E-state index contributed by atoms with van der Waals surface area (Å²) in [6.07, 6.45) is 6.82. The molecular weight excluding hydrogens is 438 g/mol. The molecule has 2 saturated carbocycles. The number of allylic oxidation sites excluding steroid dienone is 4. The first-order chi connectivity index (χ1) is 17.8. The lowest BCUT2D eigenvalue weighted by Crippen LogP contribution is -2.57. The van der Waals surface area contributed by atoms with Crippen molar-refractivity contribution in [2.45, 2.75) is 77.2 Å². The highest BCUT2D eigenvalue weighted by Gasteiger charge is 2.67. The van der Waals surface area contributed by atoms with Gasteiger partial charge in [0.1, 0.15) is 0 Å². The minimum Gasteiger partial charge on any atom is -0.451 e.